The van der Waals surface area contributed by atoms with Crippen molar-refractivity contribution in [3.05, 3.63) is 33.9 Å². The van der Waals surface area contributed by atoms with Gasteiger partial charge in [0.15, 0.2) is 0 Å². The first-order valence-electron chi connectivity index (χ1n) is 6.18. The SMILES string of the molecule is Clc1cc(C=C2CCNCC2)c2c(c1)CCO2. The second-order valence-corrected chi connectivity index (χ2v) is 5.07. The molecule has 0 radical (unpaired) electrons. The molecule has 0 saturated carbocycles. The standard InChI is InChI=1S/C14H16ClNO/c15-13-8-11-3-6-17-14(11)12(9-13)7-10-1-4-16-5-2-10/h7-9,16H,1-6H2. The van der Waals surface area contributed by atoms with Crippen molar-refractivity contribution in [2.45, 2.75) is 19.3 Å². The van der Waals surface area contributed by atoms with E-state index < -0.39 is 0 Å². The lowest BCUT2D eigenvalue weighted by Gasteiger charge is -2.16. The second kappa shape index (κ2) is 4.71. The molecule has 0 amide bonds. The Kier molecular flexibility index (Phi) is 3.08. The van der Waals surface area contributed by atoms with Gasteiger partial charge in [-0.05, 0) is 43.6 Å². The lowest BCUT2D eigenvalue weighted by molar-refractivity contribution is 0.356. The molecular weight excluding hydrogens is 234 g/mol. The van der Waals surface area contributed by atoms with E-state index in [1.54, 1.807) is 0 Å². The average molecular weight is 250 g/mol. The minimum Gasteiger partial charge on any atom is -0.492 e. The quantitative estimate of drug-likeness (QED) is 0.826. The highest BCUT2D eigenvalue weighted by molar-refractivity contribution is 6.30. The molecular formula is C14H16ClNO. The zero-order chi connectivity index (χ0) is 11.7. The summed E-state index contributed by atoms with van der Waals surface area (Å²) in [5.74, 6) is 1.04. The third kappa shape index (κ3) is 2.33. The van der Waals surface area contributed by atoms with Crippen LogP contribution in [0.3, 0.4) is 0 Å². The van der Waals surface area contributed by atoms with Crippen LogP contribution < -0.4 is 10.1 Å². The summed E-state index contributed by atoms with van der Waals surface area (Å²) in [6.45, 7) is 2.94. The van der Waals surface area contributed by atoms with E-state index in [0.717, 1.165) is 55.3 Å². The maximum atomic E-state index is 6.15. The van der Waals surface area contributed by atoms with Crippen LogP contribution in [-0.2, 0) is 6.42 Å². The van der Waals surface area contributed by atoms with E-state index in [1.807, 2.05) is 12.1 Å². The van der Waals surface area contributed by atoms with Crippen LogP contribution in [0.5, 0.6) is 5.75 Å². The van der Waals surface area contributed by atoms with Crippen LogP contribution in [0, 0.1) is 0 Å². The van der Waals surface area contributed by atoms with Gasteiger partial charge in [0.25, 0.3) is 0 Å². The highest BCUT2D eigenvalue weighted by Crippen LogP contribution is 2.34. The number of hydrogen-bond donors (Lipinski definition) is 1. The minimum atomic E-state index is 0.785. The molecule has 0 spiro atoms. The molecule has 2 heterocycles. The molecule has 1 aromatic carbocycles. The molecule has 90 valence electrons. The molecule has 0 bridgehead atoms. The van der Waals surface area contributed by atoms with Gasteiger partial charge >= 0.3 is 0 Å². The van der Waals surface area contributed by atoms with E-state index in [1.165, 1.54) is 11.1 Å². The molecule has 3 heteroatoms. The molecule has 0 atom stereocenters. The number of piperidine rings is 1. The molecule has 0 aliphatic carbocycles. The normalized spacial score (nSPS) is 18.8. The van der Waals surface area contributed by atoms with Gasteiger partial charge in [-0.1, -0.05) is 23.3 Å². The Balaban J connectivity index is 1.97. The number of nitrogens with one attached hydrogen (secondary N) is 1. The van der Waals surface area contributed by atoms with Gasteiger partial charge in [0, 0.05) is 17.0 Å². The number of benzene rings is 1. The van der Waals surface area contributed by atoms with Crippen LogP contribution in [0.4, 0.5) is 0 Å². The lowest BCUT2D eigenvalue weighted by Crippen LogP contribution is -2.22. The molecule has 1 aromatic rings. The predicted molar refractivity (Wildman–Crippen MR) is 70.7 cm³/mol. The molecule has 1 fully saturated rings. The van der Waals surface area contributed by atoms with Gasteiger partial charge in [-0.2, -0.15) is 0 Å². The second-order valence-electron chi connectivity index (χ2n) is 4.63. The Hall–Kier alpha value is -0.990. The minimum absolute atomic E-state index is 0.785. The Bertz CT molecular complexity index is 460. The number of hydrogen-bond acceptors (Lipinski definition) is 2. The first kappa shape index (κ1) is 11.1. The van der Waals surface area contributed by atoms with Crippen molar-refractivity contribution in [1.82, 2.24) is 5.32 Å². The Morgan fingerprint density at radius 2 is 2.00 bits per heavy atom. The summed E-state index contributed by atoms with van der Waals surface area (Å²) in [7, 11) is 0. The predicted octanol–water partition coefficient (Wildman–Crippen LogP) is 3.04. The maximum Gasteiger partial charge on any atom is 0.129 e. The number of halogens is 1. The average Bonchev–Trinajstić information content (AvgIpc) is 2.78. The van der Waals surface area contributed by atoms with Crippen molar-refractivity contribution in [1.29, 1.82) is 0 Å². The molecule has 3 rings (SSSR count). The van der Waals surface area contributed by atoms with Crippen LogP contribution >= 0.6 is 11.6 Å². The summed E-state index contributed by atoms with van der Waals surface area (Å²) >= 11 is 6.15. The number of rotatable bonds is 1. The van der Waals surface area contributed by atoms with E-state index >= 15 is 0 Å². The van der Waals surface area contributed by atoms with E-state index in [9.17, 15) is 0 Å². The monoisotopic (exact) mass is 249 g/mol. The largest absolute Gasteiger partial charge is 0.492 e. The fourth-order valence-electron chi connectivity index (χ4n) is 2.52. The molecule has 1 saturated heterocycles. The fraction of sp³-hybridized carbons (Fsp3) is 0.429. The Labute approximate surface area is 107 Å². The molecule has 2 aliphatic heterocycles. The highest BCUT2D eigenvalue weighted by atomic mass is 35.5. The topological polar surface area (TPSA) is 21.3 Å². The molecule has 0 unspecified atom stereocenters. The lowest BCUT2D eigenvalue weighted by atomic mass is 10.0. The van der Waals surface area contributed by atoms with Crippen molar-refractivity contribution >= 4 is 17.7 Å². The zero-order valence-corrected chi connectivity index (χ0v) is 10.5. The third-order valence-electron chi connectivity index (χ3n) is 3.38. The van der Waals surface area contributed by atoms with Crippen molar-refractivity contribution in [3.63, 3.8) is 0 Å². The summed E-state index contributed by atoms with van der Waals surface area (Å²) in [6.07, 6.45) is 5.49. The summed E-state index contributed by atoms with van der Waals surface area (Å²) in [6, 6.07) is 4.04. The van der Waals surface area contributed by atoms with E-state index in [0.29, 0.717) is 0 Å². The van der Waals surface area contributed by atoms with Crippen molar-refractivity contribution < 1.29 is 4.74 Å². The van der Waals surface area contributed by atoms with Crippen LogP contribution in [0.15, 0.2) is 17.7 Å². The van der Waals surface area contributed by atoms with Crippen molar-refractivity contribution in [3.8, 4) is 5.75 Å². The smallest absolute Gasteiger partial charge is 0.129 e. The summed E-state index contributed by atoms with van der Waals surface area (Å²) in [5, 5.41) is 4.18. The van der Waals surface area contributed by atoms with Gasteiger partial charge in [-0.3, -0.25) is 0 Å². The van der Waals surface area contributed by atoms with Gasteiger partial charge < -0.3 is 10.1 Å². The van der Waals surface area contributed by atoms with E-state index in [-0.39, 0.29) is 0 Å². The molecule has 2 aliphatic rings. The molecule has 1 N–H and O–H groups in total. The first-order valence-corrected chi connectivity index (χ1v) is 6.56. The van der Waals surface area contributed by atoms with Gasteiger partial charge in [-0.25, -0.2) is 0 Å². The Morgan fingerprint density at radius 1 is 1.18 bits per heavy atom. The third-order valence-corrected chi connectivity index (χ3v) is 3.60. The molecule has 17 heavy (non-hydrogen) atoms. The number of fused-ring (bicyclic) bond motifs is 1. The zero-order valence-electron chi connectivity index (χ0n) is 9.76. The fourth-order valence-corrected chi connectivity index (χ4v) is 2.77. The number of ether oxygens (including phenoxy) is 1. The van der Waals surface area contributed by atoms with Gasteiger partial charge in [0.2, 0.25) is 0 Å². The van der Waals surface area contributed by atoms with Gasteiger partial charge in [-0.15, -0.1) is 0 Å². The summed E-state index contributed by atoms with van der Waals surface area (Å²) < 4.78 is 5.71. The van der Waals surface area contributed by atoms with Crippen LogP contribution in [0.2, 0.25) is 5.02 Å². The van der Waals surface area contributed by atoms with Crippen LogP contribution in [0.1, 0.15) is 24.0 Å². The first-order chi connectivity index (χ1) is 8.33. The van der Waals surface area contributed by atoms with Crippen molar-refractivity contribution in [2.24, 2.45) is 0 Å². The van der Waals surface area contributed by atoms with E-state index in [2.05, 4.69) is 11.4 Å². The Morgan fingerprint density at radius 3 is 2.82 bits per heavy atom. The summed E-state index contributed by atoms with van der Waals surface area (Å²) in [4.78, 5) is 0. The van der Waals surface area contributed by atoms with Crippen LogP contribution in [-0.4, -0.2) is 19.7 Å². The summed E-state index contributed by atoms with van der Waals surface area (Å²) in [5.41, 5.74) is 3.89. The maximum absolute atomic E-state index is 6.15. The van der Waals surface area contributed by atoms with Gasteiger partial charge in [0.1, 0.15) is 5.75 Å². The van der Waals surface area contributed by atoms with Crippen LogP contribution in [0.25, 0.3) is 6.08 Å². The van der Waals surface area contributed by atoms with Gasteiger partial charge in [0.05, 0.1) is 6.61 Å². The highest BCUT2D eigenvalue weighted by Gasteiger charge is 2.17. The molecule has 0 aromatic heterocycles. The van der Waals surface area contributed by atoms with Crippen molar-refractivity contribution in [2.75, 3.05) is 19.7 Å². The molecule has 2 nitrogen and oxygen atoms in total. The van der Waals surface area contributed by atoms with E-state index in [4.69, 9.17) is 16.3 Å².